The van der Waals surface area contributed by atoms with Crippen LogP contribution >= 0.6 is 0 Å². The Bertz CT molecular complexity index is 1070. The monoisotopic (exact) mass is 426 g/mol. The molecule has 0 aliphatic rings. The van der Waals surface area contributed by atoms with Crippen LogP contribution in [0.1, 0.15) is 22.8 Å². The zero-order chi connectivity index (χ0) is 21.6. The minimum atomic E-state index is -3.95. The van der Waals surface area contributed by atoms with Crippen molar-refractivity contribution in [2.45, 2.75) is 24.5 Å². The fraction of sp³-hybridized carbons (Fsp3) is 0.174. The van der Waals surface area contributed by atoms with E-state index in [-0.39, 0.29) is 17.3 Å². The van der Waals surface area contributed by atoms with Gasteiger partial charge in [0.05, 0.1) is 13.7 Å². The first-order chi connectivity index (χ1) is 14.4. The van der Waals surface area contributed by atoms with Crippen LogP contribution in [0.5, 0.6) is 5.75 Å². The van der Waals surface area contributed by atoms with Gasteiger partial charge in [-0.1, -0.05) is 60.2 Å². The van der Waals surface area contributed by atoms with Crippen molar-refractivity contribution in [1.29, 1.82) is 0 Å². The number of hydrogen-bond donors (Lipinski definition) is 0. The second kappa shape index (κ2) is 9.56. The maximum atomic E-state index is 12.4. The number of rotatable bonds is 8. The number of carbonyl (C=O) groups excluding carboxylic acids is 1. The molecular formula is C23H22O6S. The molecule has 7 heteroatoms. The van der Waals surface area contributed by atoms with Gasteiger partial charge in [-0.3, -0.25) is 0 Å². The van der Waals surface area contributed by atoms with Crippen LogP contribution in [0.2, 0.25) is 0 Å². The molecule has 0 heterocycles. The minimum absolute atomic E-state index is 0.0656. The van der Waals surface area contributed by atoms with Gasteiger partial charge in [-0.15, -0.1) is 0 Å². The van der Waals surface area contributed by atoms with Crippen LogP contribution in [-0.2, 0) is 31.0 Å². The molecule has 1 unspecified atom stereocenters. The van der Waals surface area contributed by atoms with Gasteiger partial charge in [0.2, 0.25) is 0 Å². The van der Waals surface area contributed by atoms with Gasteiger partial charge >= 0.3 is 16.1 Å². The maximum absolute atomic E-state index is 12.4. The average Bonchev–Trinajstić information content (AvgIpc) is 2.75. The summed E-state index contributed by atoms with van der Waals surface area (Å²) in [5, 5.41) is 0. The van der Waals surface area contributed by atoms with Crippen molar-refractivity contribution >= 4 is 16.1 Å². The van der Waals surface area contributed by atoms with Crippen molar-refractivity contribution in [2.24, 2.45) is 0 Å². The summed E-state index contributed by atoms with van der Waals surface area (Å²) in [5.41, 5.74) is 2.39. The van der Waals surface area contributed by atoms with Crippen LogP contribution in [0.3, 0.4) is 0 Å². The Morgan fingerprint density at radius 2 is 1.53 bits per heavy atom. The van der Waals surface area contributed by atoms with E-state index < -0.39 is 22.2 Å². The van der Waals surface area contributed by atoms with E-state index in [2.05, 4.69) is 0 Å². The van der Waals surface area contributed by atoms with Crippen molar-refractivity contribution in [2.75, 3.05) is 7.11 Å². The Morgan fingerprint density at radius 1 is 0.900 bits per heavy atom. The van der Waals surface area contributed by atoms with Gasteiger partial charge in [0.15, 0.2) is 6.10 Å². The number of methoxy groups -OCH3 is 1. The van der Waals surface area contributed by atoms with Crippen molar-refractivity contribution in [3.63, 3.8) is 0 Å². The van der Waals surface area contributed by atoms with Crippen LogP contribution in [0.15, 0.2) is 83.8 Å². The molecule has 0 radical (unpaired) electrons. The molecule has 0 saturated heterocycles. The highest BCUT2D eigenvalue weighted by Crippen LogP contribution is 2.25. The Morgan fingerprint density at radius 3 is 2.13 bits per heavy atom. The molecule has 0 saturated carbocycles. The molecule has 3 aromatic carbocycles. The maximum Gasteiger partial charge on any atom is 0.339 e. The number of benzene rings is 3. The van der Waals surface area contributed by atoms with Crippen LogP contribution in [-0.4, -0.2) is 21.5 Å². The summed E-state index contributed by atoms with van der Waals surface area (Å²) in [6, 6.07) is 21.9. The molecule has 0 aliphatic heterocycles. The molecule has 3 aromatic rings. The predicted octanol–water partition coefficient (Wildman–Crippen LogP) is 4.19. The van der Waals surface area contributed by atoms with E-state index >= 15 is 0 Å². The van der Waals surface area contributed by atoms with Gasteiger partial charge in [-0.25, -0.2) is 4.79 Å². The molecule has 30 heavy (non-hydrogen) atoms. The molecule has 0 bridgehead atoms. The molecule has 0 aromatic heterocycles. The van der Waals surface area contributed by atoms with E-state index in [0.29, 0.717) is 5.56 Å². The summed E-state index contributed by atoms with van der Waals surface area (Å²) < 4.78 is 40.6. The summed E-state index contributed by atoms with van der Waals surface area (Å²) in [7, 11) is -2.67. The summed E-state index contributed by atoms with van der Waals surface area (Å²) in [6.07, 6.45) is -0.946. The van der Waals surface area contributed by atoms with Gasteiger partial charge < -0.3 is 13.7 Å². The van der Waals surface area contributed by atoms with Gasteiger partial charge in [0.1, 0.15) is 10.6 Å². The molecular weight excluding hydrogens is 404 g/mol. The van der Waals surface area contributed by atoms with Crippen molar-refractivity contribution in [3.8, 4) is 5.75 Å². The number of hydrogen-bond acceptors (Lipinski definition) is 6. The van der Waals surface area contributed by atoms with Crippen molar-refractivity contribution in [3.05, 3.63) is 95.6 Å². The third kappa shape index (κ3) is 5.46. The standard InChI is InChI=1S/C23H22O6S/c1-17-8-14-21(15-9-17)30(25,26)29-20-12-10-19(11-13-20)22(23(24)27-2)28-16-18-6-4-3-5-7-18/h3-15,22H,16H2,1-2H3. The van der Waals surface area contributed by atoms with E-state index in [1.807, 2.05) is 37.3 Å². The lowest BCUT2D eigenvalue weighted by Gasteiger charge is -2.16. The Balaban J connectivity index is 1.74. The van der Waals surface area contributed by atoms with Gasteiger partial charge in [-0.05, 0) is 42.3 Å². The molecule has 156 valence electrons. The largest absolute Gasteiger partial charge is 0.467 e. The molecule has 0 N–H and O–H groups in total. The quantitative estimate of drug-likeness (QED) is 0.397. The zero-order valence-corrected chi connectivity index (χ0v) is 17.5. The number of aryl methyl sites for hydroxylation is 1. The molecule has 1 atom stereocenters. The first kappa shape index (κ1) is 21.5. The van der Waals surface area contributed by atoms with E-state index in [4.69, 9.17) is 13.7 Å². The Labute approximate surface area is 176 Å². The average molecular weight is 426 g/mol. The van der Waals surface area contributed by atoms with Crippen LogP contribution < -0.4 is 4.18 Å². The van der Waals surface area contributed by atoms with Gasteiger partial charge in [0, 0.05) is 0 Å². The zero-order valence-electron chi connectivity index (χ0n) is 16.6. The molecule has 0 amide bonds. The van der Waals surface area contributed by atoms with Gasteiger partial charge in [-0.2, -0.15) is 8.42 Å². The SMILES string of the molecule is COC(=O)C(OCc1ccccc1)c1ccc(OS(=O)(=O)c2ccc(C)cc2)cc1. The smallest absolute Gasteiger partial charge is 0.339 e. The normalized spacial score (nSPS) is 12.2. The van der Waals surface area contributed by atoms with E-state index in [9.17, 15) is 13.2 Å². The summed E-state index contributed by atoms with van der Waals surface area (Å²) in [5.74, 6) is -0.419. The number of ether oxygens (including phenoxy) is 2. The highest BCUT2D eigenvalue weighted by Gasteiger charge is 2.23. The molecule has 0 spiro atoms. The summed E-state index contributed by atoms with van der Waals surface area (Å²) in [6.45, 7) is 2.09. The van der Waals surface area contributed by atoms with E-state index in [1.165, 1.54) is 31.4 Å². The summed E-state index contributed by atoms with van der Waals surface area (Å²) in [4.78, 5) is 12.3. The molecule has 0 fully saturated rings. The van der Waals surface area contributed by atoms with E-state index in [0.717, 1.165) is 11.1 Å². The second-order valence-corrected chi connectivity index (χ2v) is 8.17. The summed E-state index contributed by atoms with van der Waals surface area (Å²) >= 11 is 0. The minimum Gasteiger partial charge on any atom is -0.467 e. The second-order valence-electron chi connectivity index (χ2n) is 6.62. The van der Waals surface area contributed by atoms with Crippen LogP contribution in [0.25, 0.3) is 0 Å². The number of carbonyl (C=O) groups is 1. The lowest BCUT2D eigenvalue weighted by Crippen LogP contribution is -2.17. The fourth-order valence-electron chi connectivity index (χ4n) is 2.74. The number of esters is 1. The topological polar surface area (TPSA) is 78.9 Å². The van der Waals surface area contributed by atoms with Crippen LogP contribution in [0.4, 0.5) is 0 Å². The third-order valence-corrected chi connectivity index (χ3v) is 5.63. The third-order valence-electron chi connectivity index (χ3n) is 4.37. The fourth-order valence-corrected chi connectivity index (χ4v) is 3.67. The molecule has 6 nitrogen and oxygen atoms in total. The first-order valence-electron chi connectivity index (χ1n) is 9.23. The Kier molecular flexibility index (Phi) is 6.87. The van der Waals surface area contributed by atoms with Crippen molar-refractivity contribution in [1.82, 2.24) is 0 Å². The predicted molar refractivity (Wildman–Crippen MR) is 111 cm³/mol. The first-order valence-corrected chi connectivity index (χ1v) is 10.6. The van der Waals surface area contributed by atoms with Crippen LogP contribution in [0, 0.1) is 6.92 Å². The molecule has 3 rings (SSSR count). The Hall–Kier alpha value is -3.16. The van der Waals surface area contributed by atoms with Crippen molar-refractivity contribution < 1.29 is 26.9 Å². The molecule has 0 aliphatic carbocycles. The highest BCUT2D eigenvalue weighted by molar-refractivity contribution is 7.87. The van der Waals surface area contributed by atoms with Gasteiger partial charge in [0.25, 0.3) is 0 Å². The lowest BCUT2D eigenvalue weighted by molar-refractivity contribution is -0.155. The highest BCUT2D eigenvalue weighted by atomic mass is 32.2. The van der Waals surface area contributed by atoms with E-state index in [1.54, 1.807) is 24.3 Å². The lowest BCUT2D eigenvalue weighted by atomic mass is 10.1.